The molecule has 1 amide bonds. The minimum atomic E-state index is -1.22. The van der Waals surface area contributed by atoms with Crippen molar-refractivity contribution in [2.24, 2.45) is 5.41 Å². The zero-order chi connectivity index (χ0) is 24.9. The molecule has 35 heavy (non-hydrogen) atoms. The molecule has 3 aromatic rings. The number of carbonyl (C=O) groups is 1. The van der Waals surface area contributed by atoms with E-state index >= 15 is 0 Å². The molecule has 2 saturated heterocycles. The van der Waals surface area contributed by atoms with Crippen molar-refractivity contribution >= 4 is 16.8 Å². The van der Waals surface area contributed by atoms with Gasteiger partial charge in [-0.05, 0) is 56.9 Å². The third kappa shape index (κ3) is 4.05. The Hall–Kier alpha value is -3.40. The van der Waals surface area contributed by atoms with Crippen LogP contribution in [0.25, 0.3) is 10.9 Å². The molecule has 3 heterocycles. The van der Waals surface area contributed by atoms with E-state index in [9.17, 15) is 27.6 Å². The summed E-state index contributed by atoms with van der Waals surface area (Å²) >= 11 is 0. The Labute approximate surface area is 198 Å². The van der Waals surface area contributed by atoms with Crippen LogP contribution in [0, 0.1) is 22.9 Å². The van der Waals surface area contributed by atoms with Crippen molar-refractivity contribution in [1.29, 1.82) is 0 Å². The van der Waals surface area contributed by atoms with Gasteiger partial charge in [-0.3, -0.25) is 9.59 Å². The molecule has 0 radical (unpaired) electrons. The summed E-state index contributed by atoms with van der Waals surface area (Å²) in [7, 11) is 0. The normalized spacial score (nSPS) is 23.3. The van der Waals surface area contributed by atoms with Crippen molar-refractivity contribution in [1.82, 2.24) is 20.2 Å². The number of aromatic nitrogens is 2. The van der Waals surface area contributed by atoms with E-state index in [1.165, 1.54) is 12.1 Å². The van der Waals surface area contributed by atoms with Gasteiger partial charge < -0.3 is 15.6 Å². The summed E-state index contributed by atoms with van der Waals surface area (Å²) in [6.45, 7) is 1.96. The van der Waals surface area contributed by atoms with Gasteiger partial charge in [-0.15, -0.1) is 0 Å². The van der Waals surface area contributed by atoms with Gasteiger partial charge in [0.15, 0.2) is 0 Å². The monoisotopic (exact) mass is 486 g/mol. The Balaban J connectivity index is 1.61. The number of hydrogen-bond acceptors (Lipinski definition) is 4. The minimum absolute atomic E-state index is 0.0473. The fourth-order valence-electron chi connectivity index (χ4n) is 5.62. The van der Waals surface area contributed by atoms with Crippen LogP contribution in [-0.2, 0) is 4.79 Å². The largest absolute Gasteiger partial charge is 0.348 e. The molecule has 184 valence electrons. The summed E-state index contributed by atoms with van der Waals surface area (Å²) in [5, 5.41) is 6.06. The second kappa shape index (κ2) is 8.67. The van der Waals surface area contributed by atoms with Gasteiger partial charge in [0.05, 0.1) is 16.9 Å². The van der Waals surface area contributed by atoms with E-state index in [0.717, 1.165) is 41.7 Å². The Bertz CT molecular complexity index is 1410. The first kappa shape index (κ1) is 23.3. The summed E-state index contributed by atoms with van der Waals surface area (Å²) in [5.74, 6) is -2.84. The lowest BCUT2D eigenvalue weighted by molar-refractivity contribution is -0.131. The van der Waals surface area contributed by atoms with Crippen LogP contribution in [-0.4, -0.2) is 28.0 Å². The molecule has 1 saturated carbocycles. The summed E-state index contributed by atoms with van der Waals surface area (Å²) in [5.41, 5.74) is -2.05. The molecule has 2 aromatic carbocycles. The Morgan fingerprint density at radius 3 is 2.43 bits per heavy atom. The number of nitrogens with zero attached hydrogens (tertiary/aromatic N) is 1. The van der Waals surface area contributed by atoms with Crippen molar-refractivity contribution in [2.75, 3.05) is 6.54 Å². The molecule has 1 unspecified atom stereocenters. The molecular weight excluding hydrogens is 461 g/mol. The van der Waals surface area contributed by atoms with E-state index in [4.69, 9.17) is 0 Å². The van der Waals surface area contributed by atoms with E-state index in [1.54, 1.807) is 6.92 Å². The number of halogens is 3. The number of hydrogen-bond donors (Lipinski definition) is 3. The number of aromatic amines is 1. The average Bonchev–Trinajstić information content (AvgIpc) is 2.83. The number of amides is 1. The fourth-order valence-corrected chi connectivity index (χ4v) is 5.62. The SMILES string of the molecule is C[C@H](NC(=O)C(n1c(=O)[nH]c2ccc(F)cc2c1=O)C12CCC(CC1)NC2)c1ccc(F)cc1F. The molecular formula is C25H25F3N4O3. The summed E-state index contributed by atoms with van der Waals surface area (Å²) in [6, 6.07) is 4.78. The zero-order valence-electron chi connectivity index (χ0n) is 19.0. The molecule has 3 N–H and O–H groups in total. The third-order valence-corrected chi connectivity index (χ3v) is 7.49. The van der Waals surface area contributed by atoms with Crippen molar-refractivity contribution in [3.63, 3.8) is 0 Å². The van der Waals surface area contributed by atoms with Crippen LogP contribution < -0.4 is 21.9 Å². The van der Waals surface area contributed by atoms with Gasteiger partial charge in [0.1, 0.15) is 23.5 Å². The van der Waals surface area contributed by atoms with Crippen molar-refractivity contribution in [3.05, 3.63) is 80.3 Å². The van der Waals surface area contributed by atoms with Gasteiger partial charge in [0, 0.05) is 29.6 Å². The van der Waals surface area contributed by atoms with Crippen LogP contribution in [0.2, 0.25) is 0 Å². The van der Waals surface area contributed by atoms with E-state index in [0.29, 0.717) is 25.4 Å². The van der Waals surface area contributed by atoms with Gasteiger partial charge in [-0.25, -0.2) is 22.5 Å². The molecule has 1 aliphatic carbocycles. The van der Waals surface area contributed by atoms with Crippen molar-refractivity contribution in [2.45, 2.75) is 50.7 Å². The molecule has 3 aliphatic rings. The maximum absolute atomic E-state index is 14.4. The highest BCUT2D eigenvalue weighted by atomic mass is 19.1. The maximum atomic E-state index is 14.4. The molecule has 7 nitrogen and oxygen atoms in total. The standard InChI is InChI=1S/C25H25F3N4O3/c1-13(17-4-2-15(27)11-19(17)28)30-22(33)21(25-8-6-16(7-9-25)29-12-25)32-23(34)18-10-14(26)3-5-20(18)31-24(32)35/h2-5,10-11,13,16,21,29H,6-9,12H2,1H3,(H,30,33)(H,31,35)/t13-,16?,21?,25?/m0/s1. The third-order valence-electron chi connectivity index (χ3n) is 7.49. The molecule has 1 aromatic heterocycles. The quantitative estimate of drug-likeness (QED) is 0.517. The van der Waals surface area contributed by atoms with E-state index in [1.807, 2.05) is 0 Å². The lowest BCUT2D eigenvalue weighted by Crippen LogP contribution is -2.60. The van der Waals surface area contributed by atoms with E-state index in [2.05, 4.69) is 15.6 Å². The second-order valence-electron chi connectivity index (χ2n) is 9.61. The molecule has 3 fully saturated rings. The van der Waals surface area contributed by atoms with Gasteiger partial charge in [-0.2, -0.15) is 0 Å². The molecule has 2 atom stereocenters. The topological polar surface area (TPSA) is 96.0 Å². The van der Waals surface area contributed by atoms with Crippen LogP contribution in [0.15, 0.2) is 46.0 Å². The van der Waals surface area contributed by atoms with Crippen LogP contribution >= 0.6 is 0 Å². The van der Waals surface area contributed by atoms with Crippen LogP contribution in [0.4, 0.5) is 13.2 Å². The Morgan fingerprint density at radius 1 is 1.09 bits per heavy atom. The second-order valence-corrected chi connectivity index (χ2v) is 9.61. The van der Waals surface area contributed by atoms with E-state index in [-0.39, 0.29) is 16.5 Å². The molecule has 6 rings (SSSR count). The number of carbonyl (C=O) groups excluding carboxylic acids is 1. The predicted octanol–water partition coefficient (Wildman–Crippen LogP) is 3.06. The zero-order valence-corrected chi connectivity index (χ0v) is 19.0. The van der Waals surface area contributed by atoms with Crippen LogP contribution in [0.1, 0.15) is 50.3 Å². The highest BCUT2D eigenvalue weighted by molar-refractivity contribution is 5.83. The predicted molar refractivity (Wildman–Crippen MR) is 123 cm³/mol. The minimum Gasteiger partial charge on any atom is -0.348 e. The average molecular weight is 486 g/mol. The Kier molecular flexibility index (Phi) is 5.79. The van der Waals surface area contributed by atoms with Crippen LogP contribution in [0.3, 0.4) is 0 Å². The van der Waals surface area contributed by atoms with Crippen molar-refractivity contribution in [3.8, 4) is 0 Å². The summed E-state index contributed by atoms with van der Waals surface area (Å²) in [4.78, 5) is 43.0. The molecule has 2 bridgehead atoms. The first-order valence-corrected chi connectivity index (χ1v) is 11.6. The van der Waals surface area contributed by atoms with Crippen LogP contribution in [0.5, 0.6) is 0 Å². The maximum Gasteiger partial charge on any atom is 0.329 e. The van der Waals surface area contributed by atoms with Gasteiger partial charge >= 0.3 is 5.69 Å². The number of H-pyrrole nitrogens is 1. The number of piperidine rings is 2. The first-order chi connectivity index (χ1) is 16.7. The smallest absolute Gasteiger partial charge is 0.329 e. The molecule has 0 spiro atoms. The van der Waals surface area contributed by atoms with Gasteiger partial charge in [-0.1, -0.05) is 6.07 Å². The number of benzene rings is 2. The highest BCUT2D eigenvalue weighted by Gasteiger charge is 2.50. The van der Waals surface area contributed by atoms with Gasteiger partial charge in [0.2, 0.25) is 5.91 Å². The number of fused-ring (bicyclic) bond motifs is 4. The Morgan fingerprint density at radius 2 is 1.77 bits per heavy atom. The lowest BCUT2D eigenvalue weighted by atomic mass is 9.64. The van der Waals surface area contributed by atoms with Crippen molar-refractivity contribution < 1.29 is 18.0 Å². The number of nitrogens with one attached hydrogen (secondary N) is 3. The highest BCUT2D eigenvalue weighted by Crippen LogP contribution is 2.47. The van der Waals surface area contributed by atoms with Gasteiger partial charge in [0.25, 0.3) is 5.56 Å². The molecule has 2 aliphatic heterocycles. The first-order valence-electron chi connectivity index (χ1n) is 11.6. The van der Waals surface area contributed by atoms with E-state index < -0.39 is 52.1 Å². The number of rotatable bonds is 5. The fraction of sp³-hybridized carbons (Fsp3) is 0.400. The molecule has 10 heteroatoms. The summed E-state index contributed by atoms with van der Waals surface area (Å²) < 4.78 is 42.6. The summed E-state index contributed by atoms with van der Waals surface area (Å²) in [6.07, 6.45) is 2.77. The lowest BCUT2D eigenvalue weighted by Gasteiger charge is -2.50.